The maximum Gasteiger partial charge on any atom is 0.319 e. The number of aliphatic hydroxyl groups is 1. The van der Waals surface area contributed by atoms with Crippen molar-refractivity contribution in [2.45, 2.75) is 12.5 Å². The van der Waals surface area contributed by atoms with E-state index in [1.54, 1.807) is 18.2 Å². The lowest BCUT2D eigenvalue weighted by atomic mass is 10.0. The number of carbonyl (C=O) groups excluding carboxylic acids is 1. The molecule has 6 heteroatoms. The smallest absolute Gasteiger partial charge is 0.319 e. The van der Waals surface area contributed by atoms with Crippen molar-refractivity contribution in [3.63, 3.8) is 0 Å². The molecule has 0 radical (unpaired) electrons. The molecule has 2 aromatic carbocycles. The Balaban J connectivity index is 2.10. The summed E-state index contributed by atoms with van der Waals surface area (Å²) in [4.78, 5) is 12.2. The van der Waals surface area contributed by atoms with Crippen LogP contribution in [0.15, 0.2) is 48.5 Å². The average Bonchev–Trinajstić information content (AvgIpc) is 2.55. The van der Waals surface area contributed by atoms with Gasteiger partial charge >= 0.3 is 6.03 Å². The van der Waals surface area contributed by atoms with E-state index in [0.29, 0.717) is 22.9 Å². The van der Waals surface area contributed by atoms with Gasteiger partial charge in [-0.3, -0.25) is 0 Å². The van der Waals surface area contributed by atoms with Crippen LogP contribution in [-0.4, -0.2) is 24.9 Å². The molecular formula is C17H19ClN2O3. The number of hydrogen-bond donors (Lipinski definition) is 3. The van der Waals surface area contributed by atoms with Crippen molar-refractivity contribution in [1.82, 2.24) is 5.32 Å². The number of ether oxygens (including phenoxy) is 1. The Morgan fingerprint density at radius 3 is 2.61 bits per heavy atom. The van der Waals surface area contributed by atoms with Crippen LogP contribution in [0.1, 0.15) is 18.0 Å². The van der Waals surface area contributed by atoms with E-state index in [9.17, 15) is 9.90 Å². The highest BCUT2D eigenvalue weighted by Crippen LogP contribution is 2.32. The number of halogens is 1. The second-order valence-corrected chi connectivity index (χ2v) is 5.30. The number of para-hydroxylation sites is 1. The van der Waals surface area contributed by atoms with Crippen LogP contribution in [0.2, 0.25) is 5.02 Å². The molecule has 0 aliphatic rings. The fourth-order valence-corrected chi connectivity index (χ4v) is 2.52. The maximum absolute atomic E-state index is 12.2. The number of carbonyl (C=O) groups is 1. The Kier molecular flexibility index (Phi) is 6.26. The van der Waals surface area contributed by atoms with Crippen molar-refractivity contribution in [1.29, 1.82) is 0 Å². The van der Waals surface area contributed by atoms with Crippen LogP contribution in [0.3, 0.4) is 0 Å². The minimum absolute atomic E-state index is 0.0275. The summed E-state index contributed by atoms with van der Waals surface area (Å²) >= 11 is 6.03. The van der Waals surface area contributed by atoms with Gasteiger partial charge in [0.25, 0.3) is 0 Å². The number of benzene rings is 2. The predicted octanol–water partition coefficient (Wildman–Crippen LogP) is 3.59. The summed E-state index contributed by atoms with van der Waals surface area (Å²) in [5.41, 5.74) is 1.41. The average molecular weight is 335 g/mol. The van der Waals surface area contributed by atoms with Crippen molar-refractivity contribution in [2.24, 2.45) is 0 Å². The van der Waals surface area contributed by atoms with Crippen LogP contribution in [0.4, 0.5) is 10.5 Å². The Hall–Kier alpha value is -2.24. The fraction of sp³-hybridized carbons (Fsp3) is 0.235. The van der Waals surface area contributed by atoms with Crippen LogP contribution < -0.4 is 15.4 Å². The molecule has 0 fully saturated rings. The molecule has 2 aromatic rings. The third kappa shape index (κ3) is 4.61. The minimum atomic E-state index is -0.395. The summed E-state index contributed by atoms with van der Waals surface area (Å²) in [5, 5.41) is 15.2. The lowest BCUT2D eigenvalue weighted by Crippen LogP contribution is -2.33. The molecule has 23 heavy (non-hydrogen) atoms. The quantitative estimate of drug-likeness (QED) is 0.756. The first kappa shape index (κ1) is 17.1. The summed E-state index contributed by atoms with van der Waals surface area (Å²) < 4.78 is 5.20. The summed E-state index contributed by atoms with van der Waals surface area (Å²) in [7, 11) is 1.49. The number of anilines is 1. The standard InChI is InChI=1S/C17H19ClN2O3/c1-23-16-13(18)8-5-9-15(16)20-17(22)19-14(10-11-21)12-6-3-2-4-7-12/h2-9,14,21H,10-11H2,1H3,(H2,19,20,22)/t14-/m1/s1. The molecule has 1 atom stereocenters. The van der Waals surface area contributed by atoms with E-state index >= 15 is 0 Å². The summed E-state index contributed by atoms with van der Waals surface area (Å²) in [5.74, 6) is 0.405. The number of amides is 2. The van der Waals surface area contributed by atoms with Gasteiger partial charge < -0.3 is 20.5 Å². The Labute approximate surface area is 140 Å². The molecule has 3 N–H and O–H groups in total. The molecule has 0 saturated heterocycles. The van der Waals surface area contributed by atoms with Gasteiger partial charge in [0.15, 0.2) is 5.75 Å². The maximum atomic E-state index is 12.2. The van der Waals surface area contributed by atoms with Crippen molar-refractivity contribution < 1.29 is 14.6 Å². The van der Waals surface area contributed by atoms with E-state index in [-0.39, 0.29) is 12.6 Å². The SMILES string of the molecule is COc1c(Cl)cccc1NC(=O)N[C@H](CCO)c1ccccc1. The number of rotatable bonds is 6. The molecule has 5 nitrogen and oxygen atoms in total. The third-order valence-electron chi connectivity index (χ3n) is 3.34. The molecule has 2 amide bonds. The van der Waals surface area contributed by atoms with E-state index in [1.165, 1.54) is 7.11 Å². The van der Waals surface area contributed by atoms with Gasteiger partial charge in [-0.15, -0.1) is 0 Å². The number of aliphatic hydroxyl groups excluding tert-OH is 1. The van der Waals surface area contributed by atoms with Gasteiger partial charge in [0.1, 0.15) is 0 Å². The van der Waals surface area contributed by atoms with E-state index in [1.807, 2.05) is 30.3 Å². The molecular weight excluding hydrogens is 316 g/mol. The normalized spacial score (nSPS) is 11.6. The zero-order valence-electron chi connectivity index (χ0n) is 12.8. The third-order valence-corrected chi connectivity index (χ3v) is 3.64. The van der Waals surface area contributed by atoms with Crippen molar-refractivity contribution >= 4 is 23.3 Å². The molecule has 0 aliphatic carbocycles. The lowest BCUT2D eigenvalue weighted by Gasteiger charge is -2.19. The minimum Gasteiger partial charge on any atom is -0.493 e. The zero-order chi connectivity index (χ0) is 16.7. The highest BCUT2D eigenvalue weighted by atomic mass is 35.5. The molecule has 0 heterocycles. The summed E-state index contributed by atoms with van der Waals surface area (Å²) in [6.07, 6.45) is 0.421. The molecule has 0 spiro atoms. The van der Waals surface area contributed by atoms with Crippen LogP contribution in [0.5, 0.6) is 5.75 Å². The van der Waals surface area contributed by atoms with Gasteiger partial charge in [-0.05, 0) is 24.1 Å². The molecule has 0 saturated carbocycles. The lowest BCUT2D eigenvalue weighted by molar-refractivity contribution is 0.239. The largest absolute Gasteiger partial charge is 0.493 e. The Bertz CT molecular complexity index is 650. The molecule has 0 aliphatic heterocycles. The highest BCUT2D eigenvalue weighted by molar-refractivity contribution is 6.32. The molecule has 0 aromatic heterocycles. The number of urea groups is 1. The fourth-order valence-electron chi connectivity index (χ4n) is 2.27. The van der Waals surface area contributed by atoms with Crippen molar-refractivity contribution in [2.75, 3.05) is 19.0 Å². The summed E-state index contributed by atoms with van der Waals surface area (Å²) in [6, 6.07) is 13.9. The number of hydrogen-bond acceptors (Lipinski definition) is 3. The number of nitrogens with one attached hydrogen (secondary N) is 2. The van der Waals surface area contributed by atoms with Crippen LogP contribution >= 0.6 is 11.6 Å². The van der Waals surface area contributed by atoms with Gasteiger partial charge in [-0.25, -0.2) is 4.79 Å². The van der Waals surface area contributed by atoms with Crippen molar-refractivity contribution in [3.8, 4) is 5.75 Å². The van der Waals surface area contributed by atoms with Crippen LogP contribution in [0.25, 0.3) is 0 Å². The van der Waals surface area contributed by atoms with Gasteiger partial charge in [0.2, 0.25) is 0 Å². The Morgan fingerprint density at radius 2 is 1.96 bits per heavy atom. The van der Waals surface area contributed by atoms with Gasteiger partial charge in [0.05, 0.1) is 23.9 Å². The second-order valence-electron chi connectivity index (χ2n) is 4.89. The molecule has 122 valence electrons. The molecule has 0 bridgehead atoms. The zero-order valence-corrected chi connectivity index (χ0v) is 13.5. The topological polar surface area (TPSA) is 70.6 Å². The first-order valence-corrected chi connectivity index (χ1v) is 7.59. The first-order valence-electron chi connectivity index (χ1n) is 7.21. The van der Waals surface area contributed by atoms with E-state index in [4.69, 9.17) is 16.3 Å². The molecule has 2 rings (SSSR count). The van der Waals surface area contributed by atoms with Crippen LogP contribution in [0, 0.1) is 0 Å². The van der Waals surface area contributed by atoms with Gasteiger partial charge in [-0.2, -0.15) is 0 Å². The molecule has 0 unspecified atom stereocenters. The Morgan fingerprint density at radius 1 is 1.22 bits per heavy atom. The second kappa shape index (κ2) is 8.41. The van der Waals surface area contributed by atoms with Crippen molar-refractivity contribution in [3.05, 3.63) is 59.1 Å². The van der Waals surface area contributed by atoms with Gasteiger partial charge in [-0.1, -0.05) is 48.0 Å². The van der Waals surface area contributed by atoms with E-state index < -0.39 is 6.03 Å². The van der Waals surface area contributed by atoms with Crippen LogP contribution in [-0.2, 0) is 0 Å². The predicted molar refractivity (Wildman–Crippen MR) is 91.0 cm³/mol. The summed E-state index contributed by atoms with van der Waals surface area (Å²) in [6.45, 7) is -0.0275. The van der Waals surface area contributed by atoms with Gasteiger partial charge in [0, 0.05) is 6.61 Å². The monoisotopic (exact) mass is 334 g/mol. The van der Waals surface area contributed by atoms with E-state index in [2.05, 4.69) is 10.6 Å². The first-order chi connectivity index (χ1) is 11.2. The number of methoxy groups -OCH3 is 1. The highest BCUT2D eigenvalue weighted by Gasteiger charge is 2.16. The van der Waals surface area contributed by atoms with E-state index in [0.717, 1.165) is 5.56 Å².